The second kappa shape index (κ2) is 5.30. The van der Waals surface area contributed by atoms with Gasteiger partial charge in [-0.15, -0.1) is 0 Å². The Morgan fingerprint density at radius 2 is 2.20 bits per heavy atom. The highest BCUT2D eigenvalue weighted by molar-refractivity contribution is 9.10. The van der Waals surface area contributed by atoms with Crippen molar-refractivity contribution in [2.75, 3.05) is 12.5 Å². The summed E-state index contributed by atoms with van der Waals surface area (Å²) < 4.78 is 13.2. The maximum atomic E-state index is 11.9. The largest absolute Gasteiger partial charge is 0.467 e. The van der Waals surface area contributed by atoms with E-state index in [1.54, 1.807) is 16.8 Å². The van der Waals surface area contributed by atoms with E-state index < -0.39 is 0 Å². The lowest BCUT2D eigenvalue weighted by molar-refractivity contribution is -0.0170. The summed E-state index contributed by atoms with van der Waals surface area (Å²) in [6, 6.07) is 6.91. The third-order valence-electron chi connectivity index (χ3n) is 3.10. The third-order valence-corrected chi connectivity index (χ3v) is 3.57. The molecule has 2 N–H and O–H groups in total. The van der Waals surface area contributed by atoms with E-state index in [-0.39, 0.29) is 12.4 Å². The molecule has 0 bridgehead atoms. The molecule has 0 radical (unpaired) electrons. The van der Waals surface area contributed by atoms with Crippen LogP contribution in [0.2, 0.25) is 0 Å². The van der Waals surface area contributed by atoms with Crippen LogP contribution in [0, 0.1) is 0 Å². The summed E-state index contributed by atoms with van der Waals surface area (Å²) in [5.74, 6) is 0.761. The van der Waals surface area contributed by atoms with Crippen LogP contribution >= 0.6 is 15.9 Å². The van der Waals surface area contributed by atoms with Crippen molar-refractivity contribution in [1.82, 2.24) is 4.57 Å². The Hall–Kier alpha value is -1.79. The molecule has 0 atom stereocenters. The number of nitrogen functional groups attached to an aromatic ring is 1. The number of aromatic nitrogens is 1. The molecular weight excluding hydrogens is 324 g/mol. The number of nitrogens with zero attached hydrogens (tertiary/aromatic N) is 1. The summed E-state index contributed by atoms with van der Waals surface area (Å²) in [6.07, 6.45) is 1.75. The zero-order valence-electron chi connectivity index (χ0n) is 10.6. The maximum absolute atomic E-state index is 11.9. The molecule has 2 heterocycles. The lowest BCUT2D eigenvalue weighted by Gasteiger charge is -2.21. The van der Waals surface area contributed by atoms with Crippen LogP contribution in [0.1, 0.15) is 11.1 Å². The fourth-order valence-electron chi connectivity index (χ4n) is 2.25. The first-order valence-electron chi connectivity index (χ1n) is 6.11. The zero-order chi connectivity index (χ0) is 14.1. The molecule has 20 heavy (non-hydrogen) atoms. The van der Waals surface area contributed by atoms with Crippen molar-refractivity contribution >= 4 is 21.6 Å². The molecule has 1 aromatic carbocycles. The van der Waals surface area contributed by atoms with Gasteiger partial charge >= 0.3 is 0 Å². The molecule has 6 heteroatoms. The molecule has 0 saturated heterocycles. The quantitative estimate of drug-likeness (QED) is 0.853. The topological polar surface area (TPSA) is 66.5 Å². The van der Waals surface area contributed by atoms with E-state index in [9.17, 15) is 4.79 Å². The highest BCUT2D eigenvalue weighted by atomic mass is 79.9. The minimum Gasteiger partial charge on any atom is -0.467 e. The summed E-state index contributed by atoms with van der Waals surface area (Å²) in [6.45, 7) is 1.10. The van der Waals surface area contributed by atoms with Gasteiger partial charge in [-0.3, -0.25) is 4.79 Å². The van der Waals surface area contributed by atoms with Crippen molar-refractivity contribution in [2.45, 2.75) is 13.2 Å². The smallest absolute Gasteiger partial charge is 0.250 e. The van der Waals surface area contributed by atoms with E-state index in [0.717, 1.165) is 21.3 Å². The zero-order valence-corrected chi connectivity index (χ0v) is 12.2. The van der Waals surface area contributed by atoms with Crippen LogP contribution in [0.4, 0.5) is 5.69 Å². The Balaban J connectivity index is 2.04. The average molecular weight is 337 g/mol. The predicted molar refractivity (Wildman–Crippen MR) is 78.6 cm³/mol. The third kappa shape index (κ3) is 2.57. The molecule has 0 amide bonds. The van der Waals surface area contributed by atoms with Gasteiger partial charge in [0, 0.05) is 33.6 Å². The molecule has 0 fully saturated rings. The van der Waals surface area contributed by atoms with E-state index in [2.05, 4.69) is 15.9 Å². The molecule has 1 aliphatic rings. The molecule has 0 aliphatic carbocycles. The molecule has 0 saturated carbocycles. The van der Waals surface area contributed by atoms with Gasteiger partial charge in [0.25, 0.3) is 5.56 Å². The van der Waals surface area contributed by atoms with Crippen molar-refractivity contribution in [1.29, 1.82) is 0 Å². The molecule has 2 aromatic rings. The Kier molecular flexibility index (Phi) is 3.50. The number of anilines is 1. The van der Waals surface area contributed by atoms with Crippen LogP contribution in [0.15, 0.2) is 39.7 Å². The van der Waals surface area contributed by atoms with Gasteiger partial charge in [0.2, 0.25) is 0 Å². The number of ether oxygens (including phenoxy) is 2. The van der Waals surface area contributed by atoms with E-state index in [1.807, 2.05) is 12.1 Å². The van der Waals surface area contributed by atoms with Gasteiger partial charge < -0.3 is 19.8 Å². The normalized spacial score (nSPS) is 13.7. The summed E-state index contributed by atoms with van der Waals surface area (Å²) in [5, 5.41) is 0. The predicted octanol–water partition coefficient (Wildman–Crippen LogP) is 2.11. The van der Waals surface area contributed by atoms with E-state index >= 15 is 0 Å². The summed E-state index contributed by atoms with van der Waals surface area (Å²) in [7, 11) is 0. The molecular formula is C14H13BrN2O3. The Labute approximate surface area is 124 Å². The van der Waals surface area contributed by atoms with Gasteiger partial charge in [0.05, 0.1) is 13.2 Å². The van der Waals surface area contributed by atoms with Crippen molar-refractivity contribution in [3.8, 4) is 5.75 Å². The SMILES string of the molecule is Nc1cc2c(c(Cn3cc(Br)ccc3=O)c1)OCOC2. The number of rotatable bonds is 2. The Bertz CT molecular complexity index is 712. The molecule has 1 aromatic heterocycles. The fraction of sp³-hybridized carbons (Fsp3) is 0.214. The van der Waals surface area contributed by atoms with Gasteiger partial charge in [-0.1, -0.05) is 0 Å². The van der Waals surface area contributed by atoms with Crippen molar-refractivity contribution in [2.24, 2.45) is 0 Å². The van der Waals surface area contributed by atoms with E-state index in [1.165, 1.54) is 6.07 Å². The second-order valence-corrected chi connectivity index (χ2v) is 5.51. The molecule has 1 aliphatic heterocycles. The molecule has 104 valence electrons. The fourth-order valence-corrected chi connectivity index (χ4v) is 2.63. The molecule has 0 unspecified atom stereocenters. The first-order chi connectivity index (χ1) is 9.63. The number of fused-ring (bicyclic) bond motifs is 1. The number of hydrogen-bond donors (Lipinski definition) is 1. The monoisotopic (exact) mass is 336 g/mol. The number of benzene rings is 1. The standard InChI is InChI=1S/C14H13BrN2O3/c15-11-1-2-13(18)17(6-11)5-9-3-12(16)4-10-7-19-8-20-14(9)10/h1-4,6H,5,7-8,16H2. The van der Waals surface area contributed by atoms with Crippen LogP contribution in [0.5, 0.6) is 5.75 Å². The summed E-state index contributed by atoms with van der Waals surface area (Å²) in [5.41, 5.74) is 8.25. The van der Waals surface area contributed by atoms with Crippen LogP contribution in [-0.4, -0.2) is 11.4 Å². The molecule has 3 rings (SSSR count). The van der Waals surface area contributed by atoms with Crippen LogP contribution in [-0.2, 0) is 17.9 Å². The van der Waals surface area contributed by atoms with Crippen LogP contribution in [0.3, 0.4) is 0 Å². The van der Waals surface area contributed by atoms with Crippen molar-refractivity contribution < 1.29 is 9.47 Å². The van der Waals surface area contributed by atoms with Crippen LogP contribution < -0.4 is 16.0 Å². The van der Waals surface area contributed by atoms with Gasteiger partial charge in [0.1, 0.15) is 5.75 Å². The highest BCUT2D eigenvalue weighted by Gasteiger charge is 2.16. The van der Waals surface area contributed by atoms with Crippen LogP contribution in [0.25, 0.3) is 0 Å². The second-order valence-electron chi connectivity index (χ2n) is 4.59. The number of nitrogens with two attached hydrogens (primary N) is 1. The first kappa shape index (κ1) is 13.2. The summed E-state index contributed by atoms with van der Waals surface area (Å²) in [4.78, 5) is 11.9. The van der Waals surface area contributed by atoms with Gasteiger partial charge in [-0.25, -0.2) is 0 Å². The minimum atomic E-state index is -0.0727. The first-order valence-corrected chi connectivity index (χ1v) is 6.90. The Morgan fingerprint density at radius 1 is 1.35 bits per heavy atom. The van der Waals surface area contributed by atoms with Crippen molar-refractivity contribution in [3.05, 3.63) is 56.4 Å². The molecule has 0 spiro atoms. The lowest BCUT2D eigenvalue weighted by atomic mass is 10.1. The lowest BCUT2D eigenvalue weighted by Crippen LogP contribution is -2.21. The van der Waals surface area contributed by atoms with E-state index in [4.69, 9.17) is 15.2 Å². The van der Waals surface area contributed by atoms with Gasteiger partial charge in [-0.05, 0) is 34.1 Å². The summed E-state index contributed by atoms with van der Waals surface area (Å²) >= 11 is 3.36. The highest BCUT2D eigenvalue weighted by Crippen LogP contribution is 2.31. The average Bonchev–Trinajstić information content (AvgIpc) is 2.43. The molecule has 5 nitrogen and oxygen atoms in total. The number of halogens is 1. The number of pyridine rings is 1. The van der Waals surface area contributed by atoms with Crippen molar-refractivity contribution in [3.63, 3.8) is 0 Å². The van der Waals surface area contributed by atoms with Gasteiger partial charge in [-0.2, -0.15) is 0 Å². The number of hydrogen-bond acceptors (Lipinski definition) is 4. The minimum absolute atomic E-state index is 0.0727. The Morgan fingerprint density at radius 3 is 3.05 bits per heavy atom. The maximum Gasteiger partial charge on any atom is 0.250 e. The van der Waals surface area contributed by atoms with Gasteiger partial charge in [0.15, 0.2) is 6.79 Å². The van der Waals surface area contributed by atoms with E-state index in [0.29, 0.717) is 18.8 Å².